The van der Waals surface area contributed by atoms with Gasteiger partial charge in [0.2, 0.25) is 0 Å². The van der Waals surface area contributed by atoms with Gasteiger partial charge in [-0.25, -0.2) is 4.39 Å². The molecule has 0 aromatic rings. The van der Waals surface area contributed by atoms with Gasteiger partial charge in [-0.15, -0.1) is 0 Å². The molecule has 8 heavy (non-hydrogen) atoms. The molecule has 0 heterocycles. The molecule has 0 radical (unpaired) electrons. The molecule has 4 heteroatoms. The van der Waals surface area contributed by atoms with Gasteiger partial charge in [0.1, 0.15) is 9.91 Å². The zero-order chi connectivity index (χ0) is 6.57. The molecule has 0 aromatic carbocycles. The molecule has 0 saturated heterocycles. The molecule has 0 fully saturated rings. The van der Waals surface area contributed by atoms with E-state index < -0.39 is 16.6 Å². The van der Waals surface area contributed by atoms with Gasteiger partial charge in [0, 0.05) is 6.42 Å². The van der Waals surface area contributed by atoms with Gasteiger partial charge in [-0.3, -0.25) is 4.39 Å². The van der Waals surface area contributed by atoms with E-state index in [1.54, 1.807) is 0 Å². The van der Waals surface area contributed by atoms with E-state index in [2.05, 4.69) is 31.9 Å². The van der Waals surface area contributed by atoms with Crippen molar-refractivity contribution in [1.29, 1.82) is 0 Å². The molecule has 0 aromatic heterocycles. The molecule has 0 aliphatic rings. The van der Waals surface area contributed by atoms with E-state index >= 15 is 0 Å². The lowest BCUT2D eigenvalue weighted by Gasteiger charge is -2.04. The summed E-state index contributed by atoms with van der Waals surface area (Å²) in [6.45, 7) is -0.602. The summed E-state index contributed by atoms with van der Waals surface area (Å²) in [7, 11) is 0. The molecular formula is C4H6Br2F2. The zero-order valence-corrected chi connectivity index (χ0v) is 7.25. The first-order valence-corrected chi connectivity index (χ1v) is 3.99. The highest BCUT2D eigenvalue weighted by molar-refractivity contribution is 9.24. The van der Waals surface area contributed by atoms with Crippen LogP contribution in [0.5, 0.6) is 0 Å². The minimum Gasteiger partial charge on any atom is -0.251 e. The van der Waals surface area contributed by atoms with Crippen LogP contribution in [0.2, 0.25) is 0 Å². The summed E-state index contributed by atoms with van der Waals surface area (Å²) in [5.74, 6) is 0. The maximum atomic E-state index is 12.2. The van der Waals surface area contributed by atoms with E-state index in [4.69, 9.17) is 0 Å². The van der Waals surface area contributed by atoms with Crippen molar-refractivity contribution < 1.29 is 8.78 Å². The smallest absolute Gasteiger partial charge is 0.125 e. The Balaban J connectivity index is 3.17. The van der Waals surface area contributed by atoms with E-state index in [1.165, 1.54) is 0 Å². The number of halogens is 4. The molecule has 0 rings (SSSR count). The Morgan fingerprint density at radius 3 is 2.00 bits per heavy atom. The molecule has 0 saturated carbocycles. The van der Waals surface area contributed by atoms with Crippen LogP contribution in [0.1, 0.15) is 6.42 Å². The van der Waals surface area contributed by atoms with Gasteiger partial charge in [0.15, 0.2) is 0 Å². The summed E-state index contributed by atoms with van der Waals surface area (Å²) in [5.41, 5.74) is 0. The molecule has 0 N–H and O–H groups in total. The lowest BCUT2D eigenvalue weighted by Crippen LogP contribution is -2.08. The Hall–Kier alpha value is 0.820. The van der Waals surface area contributed by atoms with Crippen molar-refractivity contribution in [1.82, 2.24) is 0 Å². The highest BCUT2D eigenvalue weighted by Crippen LogP contribution is 2.18. The molecule has 1 atom stereocenters. The number of alkyl halides is 4. The standard InChI is InChI=1S/C4H6Br2F2/c5-4(6)3(8)1-2-7/h3-4H,1-2H2. The Labute approximate surface area is 63.9 Å². The third kappa shape index (κ3) is 3.78. The van der Waals surface area contributed by atoms with Gasteiger partial charge >= 0.3 is 0 Å². The minimum atomic E-state index is -1.13. The predicted octanol–water partition coefficient (Wildman–Crippen LogP) is 2.80. The Morgan fingerprint density at radius 1 is 1.38 bits per heavy atom. The van der Waals surface area contributed by atoms with Gasteiger partial charge < -0.3 is 0 Å². The van der Waals surface area contributed by atoms with Crippen LogP contribution in [0.3, 0.4) is 0 Å². The monoisotopic (exact) mass is 250 g/mol. The number of rotatable bonds is 3. The van der Waals surface area contributed by atoms with Gasteiger partial charge in [-0.05, 0) is 0 Å². The molecule has 0 aliphatic heterocycles. The summed E-state index contributed by atoms with van der Waals surface area (Å²) in [6, 6.07) is 0. The van der Waals surface area contributed by atoms with Crippen LogP contribution in [0.25, 0.3) is 0 Å². The van der Waals surface area contributed by atoms with Gasteiger partial charge in [-0.1, -0.05) is 31.9 Å². The van der Waals surface area contributed by atoms with Crippen molar-refractivity contribution in [2.24, 2.45) is 0 Å². The summed E-state index contributed by atoms with van der Waals surface area (Å²) < 4.78 is 23.1. The second-order valence-corrected chi connectivity index (χ2v) is 4.53. The molecular weight excluding hydrogens is 246 g/mol. The Kier molecular flexibility index (Phi) is 5.15. The zero-order valence-electron chi connectivity index (χ0n) is 4.08. The molecule has 0 bridgehead atoms. The van der Waals surface area contributed by atoms with Crippen LogP contribution in [-0.4, -0.2) is 16.6 Å². The minimum absolute atomic E-state index is 0.0405. The average molecular weight is 252 g/mol. The van der Waals surface area contributed by atoms with Crippen LogP contribution < -0.4 is 0 Å². The number of hydrogen-bond donors (Lipinski definition) is 0. The van der Waals surface area contributed by atoms with Crippen molar-refractivity contribution >= 4 is 31.9 Å². The van der Waals surface area contributed by atoms with Crippen LogP contribution in [0.15, 0.2) is 0 Å². The molecule has 0 aliphatic carbocycles. The predicted molar refractivity (Wildman–Crippen MR) is 37.1 cm³/mol. The van der Waals surface area contributed by atoms with Gasteiger partial charge in [0.05, 0.1) is 6.67 Å². The highest BCUT2D eigenvalue weighted by atomic mass is 79.9. The molecule has 0 amide bonds. The molecule has 50 valence electrons. The van der Waals surface area contributed by atoms with Gasteiger partial charge in [0.25, 0.3) is 0 Å². The van der Waals surface area contributed by atoms with E-state index in [9.17, 15) is 8.78 Å². The molecule has 1 unspecified atom stereocenters. The lowest BCUT2D eigenvalue weighted by atomic mass is 10.3. The summed E-state index contributed by atoms with van der Waals surface area (Å²) in [6.07, 6.45) is -1.17. The lowest BCUT2D eigenvalue weighted by molar-refractivity contribution is 0.304. The Bertz CT molecular complexity index is 58.0. The largest absolute Gasteiger partial charge is 0.251 e. The van der Waals surface area contributed by atoms with Crippen LogP contribution in [0.4, 0.5) is 8.78 Å². The summed E-state index contributed by atoms with van der Waals surface area (Å²) >= 11 is 5.83. The third-order valence-corrected chi connectivity index (χ3v) is 1.81. The second kappa shape index (κ2) is 4.68. The van der Waals surface area contributed by atoms with Crippen LogP contribution >= 0.6 is 31.9 Å². The van der Waals surface area contributed by atoms with Crippen molar-refractivity contribution in [3.63, 3.8) is 0 Å². The highest BCUT2D eigenvalue weighted by Gasteiger charge is 2.12. The average Bonchev–Trinajstić information content (AvgIpc) is 1.67. The summed E-state index contributed by atoms with van der Waals surface area (Å²) in [4.78, 5) is 0. The fourth-order valence-corrected chi connectivity index (χ4v) is 0.759. The topological polar surface area (TPSA) is 0 Å². The molecule has 0 spiro atoms. The fourth-order valence-electron chi connectivity index (χ4n) is 0.230. The third-order valence-electron chi connectivity index (χ3n) is 0.658. The van der Waals surface area contributed by atoms with E-state index in [0.717, 1.165) is 0 Å². The molecule has 0 nitrogen and oxygen atoms in total. The van der Waals surface area contributed by atoms with E-state index in [-0.39, 0.29) is 6.42 Å². The van der Waals surface area contributed by atoms with Crippen molar-refractivity contribution in [3.8, 4) is 0 Å². The van der Waals surface area contributed by atoms with Crippen LogP contribution in [0, 0.1) is 0 Å². The fraction of sp³-hybridized carbons (Fsp3) is 1.00. The Morgan fingerprint density at radius 2 is 1.88 bits per heavy atom. The van der Waals surface area contributed by atoms with E-state index in [1.807, 2.05) is 0 Å². The first-order valence-electron chi connectivity index (χ1n) is 2.16. The normalized spacial score (nSPS) is 14.6. The summed E-state index contributed by atoms with van der Waals surface area (Å²) in [5, 5.41) is 0. The first kappa shape index (κ1) is 8.82. The quantitative estimate of drug-likeness (QED) is 0.677. The first-order chi connectivity index (χ1) is 3.68. The van der Waals surface area contributed by atoms with E-state index in [0.29, 0.717) is 0 Å². The maximum absolute atomic E-state index is 12.2. The SMILES string of the molecule is FCCC(F)C(Br)Br. The van der Waals surface area contributed by atoms with Crippen molar-refractivity contribution in [2.75, 3.05) is 6.67 Å². The number of hydrogen-bond acceptors (Lipinski definition) is 0. The van der Waals surface area contributed by atoms with Crippen LogP contribution in [-0.2, 0) is 0 Å². The second-order valence-electron chi connectivity index (χ2n) is 1.33. The maximum Gasteiger partial charge on any atom is 0.125 e. The van der Waals surface area contributed by atoms with Crippen molar-refractivity contribution in [2.45, 2.75) is 16.3 Å². The van der Waals surface area contributed by atoms with Crippen molar-refractivity contribution in [3.05, 3.63) is 0 Å². The van der Waals surface area contributed by atoms with Gasteiger partial charge in [-0.2, -0.15) is 0 Å².